The fourth-order valence-electron chi connectivity index (χ4n) is 2.27. The highest BCUT2D eigenvalue weighted by Gasteiger charge is 2.28. The molecule has 0 amide bonds. The van der Waals surface area contributed by atoms with Gasteiger partial charge in [0.2, 0.25) is 0 Å². The number of aldehydes is 1. The van der Waals surface area contributed by atoms with E-state index in [1.54, 1.807) is 13.2 Å². The van der Waals surface area contributed by atoms with Crippen LogP contribution in [0.2, 0.25) is 0 Å². The van der Waals surface area contributed by atoms with E-state index in [0.717, 1.165) is 30.5 Å². The Balaban J connectivity index is 2.16. The van der Waals surface area contributed by atoms with Gasteiger partial charge in [-0.1, -0.05) is 0 Å². The minimum atomic E-state index is -0.283. The van der Waals surface area contributed by atoms with Gasteiger partial charge in [-0.15, -0.1) is 0 Å². The largest absolute Gasteiger partial charge is 0.385 e. The van der Waals surface area contributed by atoms with Crippen molar-refractivity contribution in [1.29, 1.82) is 0 Å². The lowest BCUT2D eigenvalue weighted by atomic mass is 10.0. The molecule has 1 unspecified atom stereocenters. The lowest BCUT2D eigenvalue weighted by Crippen LogP contribution is -2.24. The Morgan fingerprint density at radius 2 is 2.41 bits per heavy atom. The first-order valence-electron chi connectivity index (χ1n) is 5.75. The molecule has 0 bridgehead atoms. The van der Waals surface area contributed by atoms with Crippen LogP contribution in [0, 0.1) is 5.82 Å². The predicted molar refractivity (Wildman–Crippen MR) is 63.9 cm³/mol. The number of halogens is 1. The first kappa shape index (κ1) is 12.0. The van der Waals surface area contributed by atoms with Crippen LogP contribution in [0.4, 0.5) is 10.1 Å². The molecule has 0 radical (unpaired) electrons. The van der Waals surface area contributed by atoms with Crippen molar-refractivity contribution >= 4 is 12.0 Å². The van der Waals surface area contributed by atoms with E-state index in [4.69, 9.17) is 4.74 Å². The molecule has 17 heavy (non-hydrogen) atoms. The van der Waals surface area contributed by atoms with Gasteiger partial charge in [-0.25, -0.2) is 4.39 Å². The number of anilines is 1. The van der Waals surface area contributed by atoms with E-state index >= 15 is 0 Å². The van der Waals surface area contributed by atoms with Crippen LogP contribution in [0.1, 0.15) is 17.9 Å². The van der Waals surface area contributed by atoms with E-state index < -0.39 is 0 Å². The number of nitrogens with zero attached hydrogens (tertiary/aromatic N) is 1. The molecule has 92 valence electrons. The third-order valence-corrected chi connectivity index (χ3v) is 3.09. The molecule has 1 aromatic rings. The highest BCUT2D eigenvalue weighted by atomic mass is 19.1. The van der Waals surface area contributed by atoms with E-state index in [-0.39, 0.29) is 11.7 Å². The second kappa shape index (κ2) is 5.27. The maximum absolute atomic E-state index is 13.2. The number of rotatable bonds is 5. The first-order valence-corrected chi connectivity index (χ1v) is 5.75. The summed E-state index contributed by atoms with van der Waals surface area (Å²) in [6.45, 7) is 2.17. The molecule has 0 aliphatic carbocycles. The Bertz CT molecular complexity index is 408. The number of hydrogen-bond acceptors (Lipinski definition) is 3. The molecule has 3 nitrogen and oxygen atoms in total. The lowest BCUT2D eigenvalue weighted by Gasteiger charge is -2.19. The van der Waals surface area contributed by atoms with Crippen molar-refractivity contribution in [2.75, 3.05) is 31.7 Å². The summed E-state index contributed by atoms with van der Waals surface area (Å²) in [4.78, 5) is 13.1. The number of methoxy groups -OCH3 is 1. The highest BCUT2D eigenvalue weighted by molar-refractivity contribution is 5.74. The van der Waals surface area contributed by atoms with Crippen LogP contribution in [-0.2, 0) is 9.53 Å². The second-order valence-corrected chi connectivity index (χ2v) is 4.24. The van der Waals surface area contributed by atoms with Gasteiger partial charge in [-0.2, -0.15) is 0 Å². The van der Waals surface area contributed by atoms with Crippen LogP contribution < -0.4 is 4.90 Å². The third kappa shape index (κ3) is 2.47. The van der Waals surface area contributed by atoms with Crippen LogP contribution in [0.3, 0.4) is 0 Å². The van der Waals surface area contributed by atoms with Crippen LogP contribution in [0.15, 0.2) is 18.2 Å². The molecule has 2 rings (SSSR count). The lowest BCUT2D eigenvalue weighted by molar-refractivity contribution is -0.108. The molecule has 4 heteroatoms. The maximum Gasteiger partial charge on any atom is 0.129 e. The molecule has 0 saturated carbocycles. The molecule has 0 fully saturated rings. The molecule has 0 saturated heterocycles. The Hall–Kier alpha value is -1.42. The summed E-state index contributed by atoms with van der Waals surface area (Å²) in [5, 5.41) is 0. The zero-order chi connectivity index (χ0) is 12.3. The van der Waals surface area contributed by atoms with Gasteiger partial charge in [0, 0.05) is 32.5 Å². The summed E-state index contributed by atoms with van der Waals surface area (Å²) in [6.07, 6.45) is 1.80. The first-order chi connectivity index (χ1) is 8.26. The average Bonchev–Trinajstić information content (AvgIpc) is 2.67. The number of ether oxygens (including phenoxy) is 1. The van der Waals surface area contributed by atoms with Crippen LogP contribution >= 0.6 is 0 Å². The number of benzene rings is 1. The SMILES string of the molecule is COCCCN1CC(C=O)c2cc(F)ccc21. The fourth-order valence-corrected chi connectivity index (χ4v) is 2.27. The van der Waals surface area contributed by atoms with Gasteiger partial charge in [0.25, 0.3) is 0 Å². The Kier molecular flexibility index (Phi) is 3.74. The highest BCUT2D eigenvalue weighted by Crippen LogP contribution is 2.35. The minimum Gasteiger partial charge on any atom is -0.385 e. The van der Waals surface area contributed by atoms with Gasteiger partial charge in [-0.05, 0) is 30.2 Å². The van der Waals surface area contributed by atoms with Crippen molar-refractivity contribution in [3.05, 3.63) is 29.6 Å². The van der Waals surface area contributed by atoms with Gasteiger partial charge < -0.3 is 14.4 Å². The molecular formula is C13H16FNO2. The Morgan fingerprint density at radius 1 is 1.59 bits per heavy atom. The Labute approximate surface area is 100 Å². The summed E-state index contributed by atoms with van der Waals surface area (Å²) < 4.78 is 18.2. The van der Waals surface area contributed by atoms with Crippen molar-refractivity contribution in [3.63, 3.8) is 0 Å². The molecule has 0 N–H and O–H groups in total. The average molecular weight is 237 g/mol. The van der Waals surface area contributed by atoms with Gasteiger partial charge >= 0.3 is 0 Å². The summed E-state index contributed by atoms with van der Waals surface area (Å²) in [6, 6.07) is 4.65. The molecule has 1 aliphatic heterocycles. The fraction of sp³-hybridized carbons (Fsp3) is 0.462. The Morgan fingerprint density at radius 3 is 3.12 bits per heavy atom. The molecule has 1 atom stereocenters. The van der Waals surface area contributed by atoms with E-state index in [9.17, 15) is 9.18 Å². The van der Waals surface area contributed by atoms with Gasteiger partial charge in [0.05, 0.1) is 5.92 Å². The molecule has 1 aliphatic rings. The van der Waals surface area contributed by atoms with Gasteiger partial charge in [-0.3, -0.25) is 0 Å². The van der Waals surface area contributed by atoms with Crippen molar-refractivity contribution < 1.29 is 13.9 Å². The topological polar surface area (TPSA) is 29.5 Å². The van der Waals surface area contributed by atoms with E-state index in [1.165, 1.54) is 12.1 Å². The third-order valence-electron chi connectivity index (χ3n) is 3.09. The molecule has 1 heterocycles. The minimum absolute atomic E-state index is 0.205. The summed E-state index contributed by atoms with van der Waals surface area (Å²) in [5.74, 6) is -0.488. The molecular weight excluding hydrogens is 221 g/mol. The van der Waals surface area contributed by atoms with Crippen LogP contribution in [-0.4, -0.2) is 33.1 Å². The quantitative estimate of drug-likeness (QED) is 0.579. The normalized spacial score (nSPS) is 18.2. The van der Waals surface area contributed by atoms with Gasteiger partial charge in [0.1, 0.15) is 12.1 Å². The van der Waals surface area contributed by atoms with Gasteiger partial charge in [0.15, 0.2) is 0 Å². The summed E-state index contributed by atoms with van der Waals surface area (Å²) in [7, 11) is 1.67. The van der Waals surface area contributed by atoms with E-state index in [2.05, 4.69) is 4.90 Å². The number of carbonyl (C=O) groups is 1. The smallest absolute Gasteiger partial charge is 0.129 e. The number of fused-ring (bicyclic) bond motifs is 1. The van der Waals surface area contributed by atoms with Crippen molar-refractivity contribution in [2.45, 2.75) is 12.3 Å². The zero-order valence-electron chi connectivity index (χ0n) is 9.86. The van der Waals surface area contributed by atoms with Crippen molar-refractivity contribution in [2.24, 2.45) is 0 Å². The molecule has 0 aromatic heterocycles. The van der Waals surface area contributed by atoms with E-state index in [0.29, 0.717) is 13.2 Å². The van der Waals surface area contributed by atoms with E-state index in [1.807, 2.05) is 0 Å². The number of hydrogen-bond donors (Lipinski definition) is 0. The molecule has 0 spiro atoms. The van der Waals surface area contributed by atoms with Crippen LogP contribution in [0.5, 0.6) is 0 Å². The zero-order valence-corrected chi connectivity index (χ0v) is 9.86. The van der Waals surface area contributed by atoms with Crippen LogP contribution in [0.25, 0.3) is 0 Å². The molecule has 1 aromatic carbocycles. The summed E-state index contributed by atoms with van der Waals surface area (Å²) in [5.41, 5.74) is 1.78. The maximum atomic E-state index is 13.2. The van der Waals surface area contributed by atoms with Crippen molar-refractivity contribution in [1.82, 2.24) is 0 Å². The summed E-state index contributed by atoms with van der Waals surface area (Å²) >= 11 is 0. The second-order valence-electron chi connectivity index (χ2n) is 4.24. The van der Waals surface area contributed by atoms with Crippen molar-refractivity contribution in [3.8, 4) is 0 Å². The number of carbonyl (C=O) groups excluding carboxylic acids is 1. The standard InChI is InChI=1S/C13H16FNO2/c1-17-6-2-5-15-8-10(9-16)12-7-11(14)3-4-13(12)15/h3-4,7,9-10H,2,5-6,8H2,1H3. The monoisotopic (exact) mass is 237 g/mol. The predicted octanol–water partition coefficient (Wildman–Crippen LogP) is 1.96.